The highest BCUT2D eigenvalue weighted by Gasteiger charge is 2.37. The van der Waals surface area contributed by atoms with Crippen LogP contribution in [0.15, 0.2) is 54.6 Å². The number of nitrogens with zero attached hydrogens (tertiary/aromatic N) is 2. The molecule has 5 nitrogen and oxygen atoms in total. The van der Waals surface area contributed by atoms with Crippen LogP contribution in [0.3, 0.4) is 0 Å². The zero-order valence-electron chi connectivity index (χ0n) is 19.1. The van der Waals surface area contributed by atoms with Crippen LogP contribution in [0.5, 0.6) is 0 Å². The Bertz CT molecular complexity index is 900. The molecule has 2 amide bonds. The fraction of sp³-hybridized carbons (Fsp3) is 0.481. The Morgan fingerprint density at radius 1 is 0.938 bits per heavy atom. The third-order valence-corrected chi connectivity index (χ3v) is 7.04. The zero-order valence-corrected chi connectivity index (χ0v) is 19.1. The number of benzene rings is 2. The number of piperazine rings is 1. The first-order valence-electron chi connectivity index (χ1n) is 12.0. The summed E-state index contributed by atoms with van der Waals surface area (Å²) in [4.78, 5) is 30.5. The van der Waals surface area contributed by atoms with Gasteiger partial charge in [0.15, 0.2) is 0 Å². The van der Waals surface area contributed by atoms with Gasteiger partial charge in [0.2, 0.25) is 5.91 Å². The highest BCUT2D eigenvalue weighted by atomic mass is 16.2. The van der Waals surface area contributed by atoms with E-state index in [0.717, 1.165) is 43.5 Å². The molecule has 2 fully saturated rings. The lowest BCUT2D eigenvalue weighted by molar-refractivity contribution is -0.129. The lowest BCUT2D eigenvalue weighted by Gasteiger charge is -2.41. The van der Waals surface area contributed by atoms with Crippen LogP contribution in [-0.4, -0.2) is 60.4 Å². The van der Waals surface area contributed by atoms with Crippen LogP contribution < -0.4 is 5.32 Å². The van der Waals surface area contributed by atoms with Crippen LogP contribution in [0.4, 0.5) is 0 Å². The molecule has 1 aliphatic carbocycles. The van der Waals surface area contributed by atoms with Crippen LogP contribution in [0.2, 0.25) is 0 Å². The molecule has 1 N–H and O–H groups in total. The van der Waals surface area contributed by atoms with Crippen molar-refractivity contribution in [2.45, 2.75) is 45.1 Å². The number of amides is 2. The van der Waals surface area contributed by atoms with E-state index in [-0.39, 0.29) is 17.9 Å². The van der Waals surface area contributed by atoms with Crippen molar-refractivity contribution in [3.8, 4) is 0 Å². The first-order chi connectivity index (χ1) is 15.6. The second-order valence-corrected chi connectivity index (χ2v) is 9.16. The van der Waals surface area contributed by atoms with E-state index in [4.69, 9.17) is 0 Å². The number of nitrogens with one attached hydrogen (secondary N) is 1. The van der Waals surface area contributed by atoms with Crippen molar-refractivity contribution in [3.63, 3.8) is 0 Å². The number of rotatable bonds is 7. The third kappa shape index (κ3) is 5.39. The summed E-state index contributed by atoms with van der Waals surface area (Å²) in [6.45, 7) is 5.51. The normalized spacial score (nSPS) is 18.5. The summed E-state index contributed by atoms with van der Waals surface area (Å²) in [5, 5.41) is 3.21. The topological polar surface area (TPSA) is 52.7 Å². The van der Waals surface area contributed by atoms with Crippen molar-refractivity contribution >= 4 is 11.8 Å². The molecule has 0 unspecified atom stereocenters. The van der Waals surface area contributed by atoms with Crippen molar-refractivity contribution in [2.24, 2.45) is 5.92 Å². The molecule has 1 saturated carbocycles. The van der Waals surface area contributed by atoms with Crippen molar-refractivity contribution in [3.05, 3.63) is 71.3 Å². The maximum absolute atomic E-state index is 13.3. The first kappa shape index (κ1) is 22.5. The molecule has 0 aromatic heterocycles. The van der Waals surface area contributed by atoms with E-state index in [1.807, 2.05) is 54.3 Å². The molecular formula is C27H35N3O2. The Morgan fingerprint density at radius 2 is 1.59 bits per heavy atom. The molecule has 170 valence electrons. The molecule has 32 heavy (non-hydrogen) atoms. The smallest absolute Gasteiger partial charge is 0.254 e. The van der Waals surface area contributed by atoms with Crippen molar-refractivity contribution in [1.82, 2.24) is 15.1 Å². The minimum Gasteiger partial charge on any atom is -0.354 e. The van der Waals surface area contributed by atoms with Crippen molar-refractivity contribution < 1.29 is 9.59 Å². The van der Waals surface area contributed by atoms with Crippen LogP contribution in [0.1, 0.15) is 47.2 Å². The molecule has 2 aromatic rings. The fourth-order valence-electron chi connectivity index (χ4n) is 5.22. The Labute approximate surface area is 191 Å². The quantitative estimate of drug-likeness (QED) is 0.725. The molecule has 1 aliphatic heterocycles. The van der Waals surface area contributed by atoms with Gasteiger partial charge in [0.1, 0.15) is 0 Å². The van der Waals surface area contributed by atoms with Gasteiger partial charge in [-0.25, -0.2) is 0 Å². The van der Waals surface area contributed by atoms with E-state index in [0.29, 0.717) is 25.6 Å². The standard InChI is InChI=1S/C27H35N3O2/c1-21-9-5-8-14-24(21)27(32)30-19-17-29(18-20-30)25(23-12-6-7-13-23)26(31)28-16-15-22-10-3-2-4-11-22/h2-5,8-11,14,23,25H,6-7,12-13,15-20H2,1H3,(H,28,31)/t25-/m1/s1. The second kappa shape index (κ2) is 10.8. The summed E-state index contributed by atoms with van der Waals surface area (Å²) in [5.74, 6) is 0.685. The molecule has 5 heteroatoms. The van der Waals surface area contributed by atoms with E-state index in [1.165, 1.54) is 18.4 Å². The first-order valence-corrected chi connectivity index (χ1v) is 12.0. The van der Waals surface area contributed by atoms with E-state index < -0.39 is 0 Å². The van der Waals surface area contributed by atoms with Crippen LogP contribution in [0.25, 0.3) is 0 Å². The lowest BCUT2D eigenvalue weighted by Crippen LogP contribution is -2.58. The monoisotopic (exact) mass is 433 g/mol. The van der Waals surface area contributed by atoms with Gasteiger partial charge in [-0.3, -0.25) is 14.5 Å². The summed E-state index contributed by atoms with van der Waals surface area (Å²) in [5.41, 5.74) is 3.04. The number of hydrogen-bond donors (Lipinski definition) is 1. The van der Waals surface area contributed by atoms with E-state index in [1.54, 1.807) is 0 Å². The number of hydrogen-bond acceptors (Lipinski definition) is 3. The van der Waals surface area contributed by atoms with Gasteiger partial charge >= 0.3 is 0 Å². The number of aryl methyl sites for hydroxylation is 1. The van der Waals surface area contributed by atoms with Gasteiger partial charge in [0.25, 0.3) is 5.91 Å². The average Bonchev–Trinajstić information content (AvgIpc) is 3.35. The average molecular weight is 434 g/mol. The van der Waals surface area contributed by atoms with Gasteiger partial charge in [-0.15, -0.1) is 0 Å². The van der Waals surface area contributed by atoms with Gasteiger partial charge in [0.05, 0.1) is 6.04 Å². The van der Waals surface area contributed by atoms with Crippen molar-refractivity contribution in [1.29, 1.82) is 0 Å². The highest BCUT2D eigenvalue weighted by molar-refractivity contribution is 5.95. The second-order valence-electron chi connectivity index (χ2n) is 9.16. The Hall–Kier alpha value is -2.66. The van der Waals surface area contributed by atoms with Crippen LogP contribution in [0, 0.1) is 12.8 Å². The zero-order chi connectivity index (χ0) is 22.3. The number of carbonyl (C=O) groups is 2. The van der Waals surface area contributed by atoms with E-state index >= 15 is 0 Å². The van der Waals surface area contributed by atoms with Gasteiger partial charge in [-0.05, 0) is 49.3 Å². The Morgan fingerprint density at radius 3 is 2.28 bits per heavy atom. The fourth-order valence-corrected chi connectivity index (χ4v) is 5.22. The maximum atomic E-state index is 13.3. The molecule has 2 aliphatic rings. The maximum Gasteiger partial charge on any atom is 0.254 e. The summed E-state index contributed by atoms with van der Waals surface area (Å²) in [6, 6.07) is 18.0. The summed E-state index contributed by atoms with van der Waals surface area (Å²) < 4.78 is 0. The van der Waals surface area contributed by atoms with Gasteiger partial charge < -0.3 is 10.2 Å². The van der Waals surface area contributed by atoms with Crippen molar-refractivity contribution in [2.75, 3.05) is 32.7 Å². The molecule has 1 atom stereocenters. The van der Waals surface area contributed by atoms with E-state index in [9.17, 15) is 9.59 Å². The summed E-state index contributed by atoms with van der Waals surface area (Å²) in [6.07, 6.45) is 5.52. The van der Waals surface area contributed by atoms with Crippen LogP contribution >= 0.6 is 0 Å². The molecule has 1 saturated heterocycles. The third-order valence-electron chi connectivity index (χ3n) is 7.04. The van der Waals surface area contributed by atoms with Crippen LogP contribution in [-0.2, 0) is 11.2 Å². The molecule has 2 aromatic carbocycles. The minimum absolute atomic E-state index is 0.0796. The van der Waals surface area contributed by atoms with Gasteiger partial charge in [-0.1, -0.05) is 61.4 Å². The highest BCUT2D eigenvalue weighted by Crippen LogP contribution is 2.31. The molecule has 0 radical (unpaired) electrons. The molecular weight excluding hydrogens is 398 g/mol. The Kier molecular flexibility index (Phi) is 7.59. The largest absolute Gasteiger partial charge is 0.354 e. The predicted molar refractivity (Wildman–Crippen MR) is 128 cm³/mol. The molecule has 1 heterocycles. The molecule has 0 bridgehead atoms. The summed E-state index contributed by atoms with van der Waals surface area (Å²) >= 11 is 0. The molecule has 4 rings (SSSR count). The van der Waals surface area contributed by atoms with E-state index in [2.05, 4.69) is 22.3 Å². The summed E-state index contributed by atoms with van der Waals surface area (Å²) in [7, 11) is 0. The molecule has 0 spiro atoms. The number of carbonyl (C=O) groups excluding carboxylic acids is 2. The van der Waals surface area contributed by atoms with Gasteiger partial charge in [-0.2, -0.15) is 0 Å². The SMILES string of the molecule is Cc1ccccc1C(=O)N1CCN([C@@H](C(=O)NCCc2ccccc2)C2CCCC2)CC1. The Balaban J connectivity index is 1.35. The van der Waals surface area contributed by atoms with Gasteiger partial charge in [0, 0.05) is 38.3 Å². The lowest BCUT2D eigenvalue weighted by atomic mass is 9.94. The minimum atomic E-state index is -0.0796. The predicted octanol–water partition coefficient (Wildman–Crippen LogP) is 3.67.